The number of amides is 1. The van der Waals surface area contributed by atoms with Crippen molar-refractivity contribution in [1.82, 2.24) is 4.90 Å². The van der Waals surface area contributed by atoms with Crippen molar-refractivity contribution < 1.29 is 31.9 Å². The van der Waals surface area contributed by atoms with E-state index in [9.17, 15) is 22.4 Å². The van der Waals surface area contributed by atoms with E-state index in [2.05, 4.69) is 0 Å². The van der Waals surface area contributed by atoms with Gasteiger partial charge >= 0.3 is 5.97 Å². The highest BCUT2D eigenvalue weighted by atomic mass is 32.2. The number of para-hydroxylation sites is 1. The molecule has 0 unspecified atom stereocenters. The minimum absolute atomic E-state index is 0.0204. The van der Waals surface area contributed by atoms with E-state index >= 15 is 0 Å². The number of sulfone groups is 1. The number of rotatable bonds is 7. The first kappa shape index (κ1) is 21.8. The molecule has 0 aliphatic carbocycles. The Bertz CT molecular complexity index is 1010. The Kier molecular flexibility index (Phi) is 6.71. The molecule has 1 aliphatic heterocycles. The van der Waals surface area contributed by atoms with Gasteiger partial charge in [0.05, 0.1) is 24.3 Å². The van der Waals surface area contributed by atoms with Gasteiger partial charge in [-0.3, -0.25) is 4.79 Å². The molecule has 0 saturated carbocycles. The van der Waals surface area contributed by atoms with Crippen LogP contribution in [-0.2, 0) is 24.2 Å². The molecule has 2 atom stereocenters. The highest BCUT2D eigenvalue weighted by Crippen LogP contribution is 2.26. The lowest BCUT2D eigenvalue weighted by molar-refractivity contribution is -0.150. The molecular weight excluding hydrogens is 413 g/mol. The molecule has 7 nitrogen and oxygen atoms in total. The van der Waals surface area contributed by atoms with Crippen LogP contribution >= 0.6 is 0 Å². The zero-order chi connectivity index (χ0) is 21.7. The van der Waals surface area contributed by atoms with Crippen LogP contribution in [0.1, 0.15) is 12.8 Å². The highest BCUT2D eigenvalue weighted by Gasteiger charge is 2.41. The Hall–Kier alpha value is -2.94. The quantitative estimate of drug-likeness (QED) is 0.620. The predicted molar refractivity (Wildman–Crippen MR) is 106 cm³/mol. The molecule has 30 heavy (non-hydrogen) atoms. The smallest absolute Gasteiger partial charge is 0.328 e. The average molecular weight is 435 g/mol. The summed E-state index contributed by atoms with van der Waals surface area (Å²) in [6.45, 7) is 0.0261. The summed E-state index contributed by atoms with van der Waals surface area (Å²) in [6, 6.07) is 12.8. The largest absolute Gasteiger partial charge is 0.485 e. The van der Waals surface area contributed by atoms with Crippen LogP contribution in [-0.4, -0.2) is 56.7 Å². The van der Waals surface area contributed by atoms with Crippen molar-refractivity contribution in [3.8, 4) is 5.75 Å². The number of benzene rings is 2. The number of halogens is 1. The molecular formula is C21H22FNO6S. The zero-order valence-corrected chi connectivity index (χ0v) is 17.2. The van der Waals surface area contributed by atoms with Crippen molar-refractivity contribution in [2.75, 3.05) is 19.4 Å². The maximum absolute atomic E-state index is 13.9. The molecule has 1 fully saturated rings. The second kappa shape index (κ2) is 9.25. The number of ether oxygens (including phenoxy) is 2. The summed E-state index contributed by atoms with van der Waals surface area (Å²) in [5.74, 6) is -2.06. The van der Waals surface area contributed by atoms with Gasteiger partial charge in [-0.15, -0.1) is 0 Å². The fourth-order valence-corrected chi connectivity index (χ4v) is 4.60. The number of likely N-dealkylation sites (tertiary alicyclic amines) is 1. The summed E-state index contributed by atoms with van der Waals surface area (Å²) in [5, 5.41) is 0. The summed E-state index contributed by atoms with van der Waals surface area (Å²) < 4.78 is 49.1. The number of esters is 1. The number of carbonyl (C=O) groups excluding carboxylic acids is 2. The number of hydrogen-bond acceptors (Lipinski definition) is 6. The normalized spacial score (nSPS) is 18.8. The zero-order valence-electron chi connectivity index (χ0n) is 16.4. The van der Waals surface area contributed by atoms with Crippen LogP contribution in [0, 0.1) is 5.82 Å². The lowest BCUT2D eigenvalue weighted by atomic mass is 10.2. The van der Waals surface area contributed by atoms with Gasteiger partial charge in [-0.2, -0.15) is 0 Å². The van der Waals surface area contributed by atoms with E-state index in [1.165, 1.54) is 42.3 Å². The topological polar surface area (TPSA) is 90.0 Å². The Labute approximate surface area is 174 Å². The van der Waals surface area contributed by atoms with Crippen LogP contribution < -0.4 is 4.74 Å². The van der Waals surface area contributed by atoms with Gasteiger partial charge in [0.2, 0.25) is 5.91 Å². The molecule has 1 amide bonds. The van der Waals surface area contributed by atoms with Crippen molar-refractivity contribution in [2.24, 2.45) is 0 Å². The van der Waals surface area contributed by atoms with Gasteiger partial charge in [-0.05, 0) is 24.3 Å². The maximum atomic E-state index is 13.9. The van der Waals surface area contributed by atoms with Gasteiger partial charge in [-0.1, -0.05) is 30.3 Å². The van der Waals surface area contributed by atoms with Gasteiger partial charge in [0.1, 0.15) is 12.1 Å². The van der Waals surface area contributed by atoms with E-state index in [0.29, 0.717) is 0 Å². The lowest BCUT2D eigenvalue weighted by Crippen LogP contribution is -2.41. The van der Waals surface area contributed by atoms with Crippen LogP contribution in [0.15, 0.2) is 59.5 Å². The van der Waals surface area contributed by atoms with Crippen molar-refractivity contribution in [3.05, 3.63) is 60.4 Å². The van der Waals surface area contributed by atoms with Gasteiger partial charge in [0.25, 0.3) is 0 Å². The first-order valence-corrected chi connectivity index (χ1v) is 11.0. The van der Waals surface area contributed by atoms with Crippen molar-refractivity contribution in [1.29, 1.82) is 0 Å². The van der Waals surface area contributed by atoms with Crippen LogP contribution in [0.4, 0.5) is 4.39 Å². The first-order chi connectivity index (χ1) is 14.3. The van der Waals surface area contributed by atoms with Gasteiger partial charge < -0.3 is 14.4 Å². The summed E-state index contributed by atoms with van der Waals surface area (Å²) in [4.78, 5) is 26.3. The fourth-order valence-electron chi connectivity index (χ4n) is 3.35. The number of hydrogen-bond donors (Lipinski definition) is 0. The highest BCUT2D eigenvalue weighted by molar-refractivity contribution is 7.91. The number of nitrogens with zero attached hydrogens (tertiary/aromatic N) is 1. The van der Waals surface area contributed by atoms with E-state index in [0.717, 1.165) is 0 Å². The molecule has 2 aromatic carbocycles. The molecule has 1 saturated heterocycles. The molecule has 160 valence electrons. The molecule has 1 heterocycles. The standard InChI is InChI=1S/C21H22FNO6S/c1-28-21(25)18-13-15(29-19-10-6-5-9-17(19)22)14-23(18)20(24)11-12-30(26,27)16-7-3-2-4-8-16/h2-10,15,18H,11-14H2,1H3/t15-,18-/m0/s1. The Morgan fingerprint density at radius 2 is 1.77 bits per heavy atom. The van der Waals surface area contributed by atoms with E-state index in [4.69, 9.17) is 9.47 Å². The van der Waals surface area contributed by atoms with E-state index in [1.54, 1.807) is 24.3 Å². The van der Waals surface area contributed by atoms with Crippen LogP contribution in [0.5, 0.6) is 5.75 Å². The molecule has 0 aromatic heterocycles. The second-order valence-electron chi connectivity index (χ2n) is 6.87. The molecule has 2 aromatic rings. The average Bonchev–Trinajstić information content (AvgIpc) is 3.18. The van der Waals surface area contributed by atoms with E-state index in [-0.39, 0.29) is 35.8 Å². The minimum Gasteiger partial charge on any atom is -0.485 e. The molecule has 3 rings (SSSR count). The van der Waals surface area contributed by atoms with Crippen molar-refractivity contribution in [3.63, 3.8) is 0 Å². The third-order valence-electron chi connectivity index (χ3n) is 4.87. The molecule has 0 N–H and O–H groups in total. The van der Waals surface area contributed by atoms with Crippen LogP contribution in [0.2, 0.25) is 0 Å². The summed E-state index contributed by atoms with van der Waals surface area (Å²) >= 11 is 0. The lowest BCUT2D eigenvalue weighted by Gasteiger charge is -2.22. The second-order valence-corrected chi connectivity index (χ2v) is 8.98. The molecule has 9 heteroatoms. The summed E-state index contributed by atoms with van der Waals surface area (Å²) in [6.07, 6.45) is -0.796. The summed E-state index contributed by atoms with van der Waals surface area (Å²) in [7, 11) is -2.44. The van der Waals surface area contributed by atoms with Gasteiger partial charge in [0, 0.05) is 12.8 Å². The monoisotopic (exact) mass is 435 g/mol. The molecule has 0 radical (unpaired) electrons. The fraction of sp³-hybridized carbons (Fsp3) is 0.333. The van der Waals surface area contributed by atoms with Crippen LogP contribution in [0.25, 0.3) is 0 Å². The van der Waals surface area contributed by atoms with Gasteiger partial charge in [-0.25, -0.2) is 17.6 Å². The molecule has 1 aliphatic rings. The molecule has 0 bridgehead atoms. The first-order valence-electron chi connectivity index (χ1n) is 9.38. The Morgan fingerprint density at radius 1 is 1.10 bits per heavy atom. The Morgan fingerprint density at radius 3 is 2.43 bits per heavy atom. The minimum atomic E-state index is -3.64. The predicted octanol–water partition coefficient (Wildman–Crippen LogP) is 2.21. The third-order valence-corrected chi connectivity index (χ3v) is 6.61. The molecule has 0 spiro atoms. The SMILES string of the molecule is COC(=O)[C@@H]1C[C@H](Oc2ccccc2F)CN1C(=O)CCS(=O)(=O)c1ccccc1. The Balaban J connectivity index is 1.69. The summed E-state index contributed by atoms with van der Waals surface area (Å²) in [5.41, 5.74) is 0. The third kappa shape index (κ3) is 4.96. The van der Waals surface area contributed by atoms with Gasteiger partial charge in [0.15, 0.2) is 21.4 Å². The number of methoxy groups -OCH3 is 1. The van der Waals surface area contributed by atoms with E-state index in [1.807, 2.05) is 0 Å². The maximum Gasteiger partial charge on any atom is 0.328 e. The van der Waals surface area contributed by atoms with Crippen molar-refractivity contribution >= 4 is 21.7 Å². The van der Waals surface area contributed by atoms with Crippen molar-refractivity contribution in [2.45, 2.75) is 29.9 Å². The number of carbonyl (C=O) groups is 2. The van der Waals surface area contributed by atoms with Crippen LogP contribution in [0.3, 0.4) is 0 Å². The van der Waals surface area contributed by atoms with E-state index < -0.39 is 39.7 Å².